The van der Waals surface area contributed by atoms with Crippen molar-refractivity contribution in [3.05, 3.63) is 23.8 Å². The first-order valence-electron chi connectivity index (χ1n) is 7.31. The lowest BCUT2D eigenvalue weighted by atomic mass is 9.66. The second kappa shape index (κ2) is 4.50. The van der Waals surface area contributed by atoms with E-state index in [4.69, 9.17) is 4.74 Å². The molecule has 3 nitrogen and oxygen atoms in total. The highest BCUT2D eigenvalue weighted by molar-refractivity contribution is 7.99. The largest absolute Gasteiger partial charge is 0.481 e. The van der Waals surface area contributed by atoms with Crippen LogP contribution in [-0.4, -0.2) is 36.3 Å². The van der Waals surface area contributed by atoms with Crippen LogP contribution in [0.5, 0.6) is 5.75 Å². The molecule has 0 bridgehead atoms. The number of likely N-dealkylation sites (N-methyl/N-ethyl adjacent to an activating group) is 1. The maximum atomic E-state index is 11.9. The minimum Gasteiger partial charge on any atom is -0.481 e. The zero-order valence-corrected chi connectivity index (χ0v) is 12.5. The smallest absolute Gasteiger partial charge is 0.138 e. The van der Waals surface area contributed by atoms with Gasteiger partial charge in [0.25, 0.3) is 0 Å². The first-order valence-corrected chi connectivity index (χ1v) is 8.30. The summed E-state index contributed by atoms with van der Waals surface area (Å²) in [6.07, 6.45) is 3.60. The van der Waals surface area contributed by atoms with E-state index in [9.17, 15) is 4.79 Å². The SMILES string of the molecule is CN1CC[C@]2(c3ccc4c(c3)OCS4)CCC(=O)C[C@H]12. The molecule has 2 atom stereocenters. The van der Waals surface area contributed by atoms with Crippen molar-refractivity contribution in [3.8, 4) is 5.75 Å². The van der Waals surface area contributed by atoms with Crippen LogP contribution in [0.1, 0.15) is 31.2 Å². The predicted octanol–water partition coefficient (Wildman–Crippen LogP) is 2.82. The lowest BCUT2D eigenvalue weighted by molar-refractivity contribution is -0.122. The Balaban J connectivity index is 1.77. The highest BCUT2D eigenvalue weighted by Crippen LogP contribution is 2.49. The van der Waals surface area contributed by atoms with Crippen LogP contribution in [0.15, 0.2) is 23.1 Å². The van der Waals surface area contributed by atoms with Gasteiger partial charge in [-0.2, -0.15) is 0 Å². The molecule has 2 fully saturated rings. The molecule has 2 aliphatic heterocycles. The molecule has 4 rings (SSSR count). The van der Waals surface area contributed by atoms with E-state index in [2.05, 4.69) is 30.1 Å². The van der Waals surface area contributed by atoms with Crippen molar-refractivity contribution in [2.45, 2.75) is 42.0 Å². The molecule has 20 heavy (non-hydrogen) atoms. The van der Waals surface area contributed by atoms with Crippen LogP contribution in [0.25, 0.3) is 0 Å². The molecule has 0 radical (unpaired) electrons. The summed E-state index contributed by atoms with van der Waals surface area (Å²) < 4.78 is 5.71. The van der Waals surface area contributed by atoms with Gasteiger partial charge in [-0.15, -0.1) is 0 Å². The zero-order chi connectivity index (χ0) is 13.7. The number of ether oxygens (including phenoxy) is 1. The average Bonchev–Trinajstić information content (AvgIpc) is 3.04. The summed E-state index contributed by atoms with van der Waals surface area (Å²) in [5, 5.41) is 0. The minimum absolute atomic E-state index is 0.161. The van der Waals surface area contributed by atoms with E-state index in [1.807, 2.05) is 0 Å². The Bertz CT molecular complexity index is 574. The van der Waals surface area contributed by atoms with Crippen LogP contribution >= 0.6 is 11.8 Å². The average molecular weight is 289 g/mol. The molecule has 1 saturated carbocycles. The molecule has 2 heterocycles. The number of hydrogen-bond acceptors (Lipinski definition) is 4. The second-order valence-corrected chi connectivity index (χ2v) is 7.18. The third-order valence-electron chi connectivity index (χ3n) is 5.30. The summed E-state index contributed by atoms with van der Waals surface area (Å²) in [4.78, 5) is 15.5. The standard InChI is InChI=1S/C16H19NO2S/c1-17-7-6-16(5-4-12(18)9-15(16)17)11-2-3-14-13(8-11)19-10-20-14/h2-3,8,15H,4-7,9-10H2,1H3/t15-,16-/m0/s1. The van der Waals surface area contributed by atoms with E-state index in [0.717, 1.165) is 37.5 Å². The molecule has 0 unspecified atom stereocenters. The van der Waals surface area contributed by atoms with Crippen molar-refractivity contribution >= 4 is 17.5 Å². The maximum Gasteiger partial charge on any atom is 0.138 e. The number of carbonyl (C=O) groups is 1. The Kier molecular flexibility index (Phi) is 2.86. The van der Waals surface area contributed by atoms with Crippen molar-refractivity contribution in [2.24, 2.45) is 0 Å². The summed E-state index contributed by atoms with van der Waals surface area (Å²) in [5.41, 5.74) is 1.54. The van der Waals surface area contributed by atoms with Gasteiger partial charge < -0.3 is 9.64 Å². The second-order valence-electron chi connectivity index (χ2n) is 6.21. The van der Waals surface area contributed by atoms with Crippen molar-refractivity contribution in [3.63, 3.8) is 0 Å². The zero-order valence-electron chi connectivity index (χ0n) is 11.7. The highest BCUT2D eigenvalue weighted by Gasteiger charge is 2.50. The van der Waals surface area contributed by atoms with Crippen LogP contribution in [0.4, 0.5) is 0 Å². The fourth-order valence-corrected chi connectivity index (χ4v) is 4.87. The van der Waals surface area contributed by atoms with Gasteiger partial charge in [0.05, 0.1) is 4.90 Å². The van der Waals surface area contributed by atoms with Crippen molar-refractivity contribution < 1.29 is 9.53 Å². The number of ketones is 1. The molecule has 1 aromatic rings. The van der Waals surface area contributed by atoms with Gasteiger partial charge in [-0.05, 0) is 44.1 Å². The number of benzene rings is 1. The summed E-state index contributed by atoms with van der Waals surface area (Å²) in [6, 6.07) is 7.07. The molecule has 3 aliphatic rings. The lowest BCUT2D eigenvalue weighted by Crippen LogP contribution is -2.46. The number of nitrogens with zero attached hydrogens (tertiary/aromatic N) is 1. The molecule has 1 saturated heterocycles. The summed E-state index contributed by atoms with van der Waals surface area (Å²) in [5.74, 6) is 2.19. The van der Waals surface area contributed by atoms with E-state index < -0.39 is 0 Å². The summed E-state index contributed by atoms with van der Waals surface area (Å²) in [7, 11) is 2.16. The van der Waals surface area contributed by atoms with Crippen LogP contribution < -0.4 is 4.74 Å². The van der Waals surface area contributed by atoms with E-state index in [1.54, 1.807) is 11.8 Å². The first kappa shape index (κ1) is 12.7. The Morgan fingerprint density at radius 1 is 1.40 bits per heavy atom. The fourth-order valence-electron chi connectivity index (χ4n) is 4.13. The highest BCUT2D eigenvalue weighted by atomic mass is 32.2. The third-order valence-corrected chi connectivity index (χ3v) is 6.18. The third kappa shape index (κ3) is 1.74. The van der Waals surface area contributed by atoms with Crippen LogP contribution in [-0.2, 0) is 10.2 Å². The number of carbonyl (C=O) groups excluding carboxylic acids is 1. The number of likely N-dealkylation sites (tertiary alicyclic amines) is 1. The van der Waals surface area contributed by atoms with Crippen molar-refractivity contribution in [1.82, 2.24) is 4.90 Å². The van der Waals surface area contributed by atoms with Gasteiger partial charge in [0.15, 0.2) is 0 Å². The van der Waals surface area contributed by atoms with Gasteiger partial charge in [0.1, 0.15) is 17.5 Å². The van der Waals surface area contributed by atoms with E-state index in [0.29, 0.717) is 18.2 Å². The maximum absolute atomic E-state index is 11.9. The minimum atomic E-state index is 0.161. The summed E-state index contributed by atoms with van der Waals surface area (Å²) in [6.45, 7) is 1.09. The Morgan fingerprint density at radius 3 is 3.20 bits per heavy atom. The molecule has 1 aliphatic carbocycles. The van der Waals surface area contributed by atoms with Crippen molar-refractivity contribution in [1.29, 1.82) is 0 Å². The predicted molar refractivity (Wildman–Crippen MR) is 79.4 cm³/mol. The Labute approximate surface area is 123 Å². The summed E-state index contributed by atoms with van der Waals surface area (Å²) >= 11 is 1.76. The molecule has 1 aromatic carbocycles. The number of hydrogen-bond donors (Lipinski definition) is 0. The molecular weight excluding hydrogens is 270 g/mol. The van der Waals surface area contributed by atoms with E-state index in [-0.39, 0.29) is 5.41 Å². The number of thioether (sulfide) groups is 1. The van der Waals surface area contributed by atoms with Crippen LogP contribution in [0.3, 0.4) is 0 Å². The Morgan fingerprint density at radius 2 is 2.30 bits per heavy atom. The van der Waals surface area contributed by atoms with Gasteiger partial charge in [-0.3, -0.25) is 4.79 Å². The molecular formula is C16H19NO2S. The number of Topliss-reactive ketones (excluding diaryl/α,β-unsaturated/α-hetero) is 1. The lowest BCUT2D eigenvalue weighted by Gasteiger charge is -2.41. The van der Waals surface area contributed by atoms with Gasteiger partial charge >= 0.3 is 0 Å². The van der Waals surface area contributed by atoms with Gasteiger partial charge in [0.2, 0.25) is 0 Å². The monoisotopic (exact) mass is 289 g/mol. The number of rotatable bonds is 1. The van der Waals surface area contributed by atoms with E-state index in [1.165, 1.54) is 10.5 Å². The normalized spacial score (nSPS) is 32.9. The molecule has 0 amide bonds. The van der Waals surface area contributed by atoms with Crippen molar-refractivity contribution in [2.75, 3.05) is 19.5 Å². The Hall–Kier alpha value is -1.00. The molecule has 0 spiro atoms. The molecule has 0 aromatic heterocycles. The quantitative estimate of drug-likeness (QED) is 0.795. The van der Waals surface area contributed by atoms with E-state index >= 15 is 0 Å². The van der Waals surface area contributed by atoms with Gasteiger partial charge in [0, 0.05) is 24.3 Å². The van der Waals surface area contributed by atoms with Gasteiger partial charge in [-0.25, -0.2) is 0 Å². The number of fused-ring (bicyclic) bond motifs is 2. The van der Waals surface area contributed by atoms with Crippen LogP contribution in [0.2, 0.25) is 0 Å². The fraction of sp³-hybridized carbons (Fsp3) is 0.562. The topological polar surface area (TPSA) is 29.5 Å². The molecule has 4 heteroatoms. The van der Waals surface area contributed by atoms with Gasteiger partial charge in [-0.1, -0.05) is 17.8 Å². The molecule has 106 valence electrons. The molecule has 0 N–H and O–H groups in total. The first-order chi connectivity index (χ1) is 9.69. The van der Waals surface area contributed by atoms with Crippen LogP contribution in [0, 0.1) is 0 Å².